The summed E-state index contributed by atoms with van der Waals surface area (Å²) >= 11 is 1.93. The molecule has 1 fully saturated rings. The number of thioether (sulfide) groups is 1. The van der Waals surface area contributed by atoms with E-state index in [0.29, 0.717) is 31.8 Å². The molecule has 5 rings (SSSR count). The number of methoxy groups -OCH3 is 1. The first-order chi connectivity index (χ1) is 17.3. The number of aromatic nitrogens is 1. The highest BCUT2D eigenvalue weighted by Gasteiger charge is 2.57. The highest BCUT2D eigenvalue weighted by atomic mass is 32.2. The van der Waals surface area contributed by atoms with E-state index in [-0.39, 0.29) is 11.4 Å². The highest BCUT2D eigenvalue weighted by Crippen LogP contribution is 2.53. The number of imide groups is 3. The molecule has 3 aromatic rings. The molecule has 2 aliphatic rings. The Hall–Kier alpha value is -3.90. The fraction of sp³-hybridized carbons (Fsp3) is 0.208. The lowest BCUT2D eigenvalue weighted by atomic mass is 9.83. The Balaban J connectivity index is 1.57. The maximum atomic E-state index is 13.2. The number of thiazole rings is 1. The van der Waals surface area contributed by atoms with Gasteiger partial charge in [0.2, 0.25) is 11.8 Å². The van der Waals surface area contributed by atoms with Crippen LogP contribution in [0.15, 0.2) is 64.4 Å². The third-order valence-electron chi connectivity index (χ3n) is 6.10. The standard InChI is InChI=1S/C24H20N4O6S2/c1-34-14-9-7-12(8-10-14)16-17-18(21(31)28(20(17)30)23(25)32)35-22-19(16)36-24(33)27(22)11-15(29)26-13-5-3-2-4-6-13/h2-10,16-18H,11H2,1H3,(H2,25,32)(H,26,29)/t16-,17+,18-/m0/s1. The lowest BCUT2D eigenvalue weighted by Crippen LogP contribution is -2.41. The minimum absolute atomic E-state index is 0.277. The zero-order valence-corrected chi connectivity index (χ0v) is 20.5. The van der Waals surface area contributed by atoms with Gasteiger partial charge in [0.05, 0.1) is 18.1 Å². The lowest BCUT2D eigenvalue weighted by Gasteiger charge is -2.30. The topological polar surface area (TPSA) is 141 Å². The number of ether oxygens (including phenoxy) is 1. The Bertz CT molecular complexity index is 1430. The number of primary amides is 1. The summed E-state index contributed by atoms with van der Waals surface area (Å²) < 4.78 is 6.53. The van der Waals surface area contributed by atoms with Crippen molar-refractivity contribution in [2.75, 3.05) is 12.4 Å². The fourth-order valence-corrected chi connectivity index (χ4v) is 7.28. The molecule has 12 heteroatoms. The minimum Gasteiger partial charge on any atom is -0.497 e. The van der Waals surface area contributed by atoms with Crippen molar-refractivity contribution >= 4 is 52.5 Å². The van der Waals surface area contributed by atoms with Crippen molar-refractivity contribution in [3.8, 4) is 5.75 Å². The molecule has 0 saturated carbocycles. The summed E-state index contributed by atoms with van der Waals surface area (Å²) in [6, 6.07) is 14.6. The van der Waals surface area contributed by atoms with Crippen molar-refractivity contribution in [3.63, 3.8) is 0 Å². The molecule has 0 bridgehead atoms. The minimum atomic E-state index is -1.14. The maximum absolute atomic E-state index is 13.2. The predicted molar refractivity (Wildman–Crippen MR) is 133 cm³/mol. The number of likely N-dealkylation sites (tertiary alicyclic amines) is 1. The third kappa shape index (κ3) is 3.97. The molecule has 5 amide bonds. The number of anilines is 1. The number of urea groups is 1. The number of carbonyl (C=O) groups excluding carboxylic acids is 4. The Morgan fingerprint density at radius 1 is 1.03 bits per heavy atom. The van der Waals surface area contributed by atoms with Crippen molar-refractivity contribution in [2.45, 2.75) is 22.7 Å². The average Bonchev–Trinajstić information content (AvgIpc) is 3.30. The van der Waals surface area contributed by atoms with Gasteiger partial charge in [0.25, 0.3) is 5.91 Å². The van der Waals surface area contributed by atoms with Gasteiger partial charge in [-0.25, -0.2) is 4.79 Å². The van der Waals surface area contributed by atoms with Crippen LogP contribution >= 0.6 is 23.1 Å². The van der Waals surface area contributed by atoms with Gasteiger partial charge in [0.15, 0.2) is 0 Å². The number of fused-ring (bicyclic) bond motifs is 2. The van der Waals surface area contributed by atoms with E-state index in [4.69, 9.17) is 10.5 Å². The van der Waals surface area contributed by atoms with Crippen LogP contribution in [0.4, 0.5) is 10.5 Å². The van der Waals surface area contributed by atoms with Crippen molar-refractivity contribution in [1.82, 2.24) is 9.47 Å². The highest BCUT2D eigenvalue weighted by molar-refractivity contribution is 8.00. The van der Waals surface area contributed by atoms with Crippen LogP contribution in [0.1, 0.15) is 16.4 Å². The summed E-state index contributed by atoms with van der Waals surface area (Å²) in [5, 5.41) is 2.20. The van der Waals surface area contributed by atoms with Crippen LogP contribution < -0.4 is 20.7 Å². The van der Waals surface area contributed by atoms with Gasteiger partial charge in [-0.2, -0.15) is 4.90 Å². The second kappa shape index (κ2) is 9.28. The molecular weight excluding hydrogens is 504 g/mol. The maximum Gasteiger partial charge on any atom is 0.328 e. The van der Waals surface area contributed by atoms with E-state index in [0.717, 1.165) is 23.1 Å². The second-order valence-electron chi connectivity index (χ2n) is 8.20. The summed E-state index contributed by atoms with van der Waals surface area (Å²) in [6.07, 6.45) is 0. The second-order valence-corrected chi connectivity index (χ2v) is 10.3. The first-order valence-corrected chi connectivity index (χ1v) is 12.6. The molecule has 0 unspecified atom stereocenters. The molecule has 10 nitrogen and oxygen atoms in total. The summed E-state index contributed by atoms with van der Waals surface area (Å²) in [4.78, 5) is 64.6. The number of benzene rings is 2. The van der Waals surface area contributed by atoms with Gasteiger partial charge in [0.1, 0.15) is 17.5 Å². The van der Waals surface area contributed by atoms with E-state index in [1.54, 1.807) is 48.5 Å². The van der Waals surface area contributed by atoms with Gasteiger partial charge in [-0.1, -0.05) is 53.4 Å². The summed E-state index contributed by atoms with van der Waals surface area (Å²) in [5.41, 5.74) is 6.59. The first kappa shape index (κ1) is 23.8. The molecule has 1 aromatic heterocycles. The molecule has 3 N–H and O–H groups in total. The predicted octanol–water partition coefficient (Wildman–Crippen LogP) is 2.23. The number of nitrogens with zero attached hydrogens (tertiary/aromatic N) is 2. The zero-order valence-electron chi connectivity index (χ0n) is 18.9. The van der Waals surface area contributed by atoms with E-state index in [1.807, 2.05) is 6.07 Å². The van der Waals surface area contributed by atoms with Crippen LogP contribution in [0, 0.1) is 5.92 Å². The van der Waals surface area contributed by atoms with Gasteiger partial charge in [-0.3, -0.25) is 23.7 Å². The molecule has 0 aliphatic carbocycles. The fourth-order valence-electron chi connectivity index (χ4n) is 4.51. The number of carbonyl (C=O) groups is 4. The number of hydrogen-bond acceptors (Lipinski definition) is 8. The SMILES string of the molecule is COc1ccc([C@@H]2c3sc(=O)n(CC(=O)Nc4ccccc4)c3S[C@@H]3C(=O)N(C(N)=O)C(=O)[C@H]23)cc1. The average molecular weight is 525 g/mol. The smallest absolute Gasteiger partial charge is 0.328 e. The van der Waals surface area contributed by atoms with E-state index in [9.17, 15) is 24.0 Å². The number of hydrogen-bond donors (Lipinski definition) is 2. The van der Waals surface area contributed by atoms with Crippen LogP contribution in [0.5, 0.6) is 5.75 Å². The summed E-state index contributed by atoms with van der Waals surface area (Å²) in [6.45, 7) is -0.277. The zero-order chi connectivity index (χ0) is 25.6. The Morgan fingerprint density at radius 3 is 2.36 bits per heavy atom. The number of para-hydroxylation sites is 1. The lowest BCUT2D eigenvalue weighted by molar-refractivity contribution is -0.135. The molecule has 0 spiro atoms. The van der Waals surface area contributed by atoms with Crippen LogP contribution in [-0.4, -0.2) is 45.6 Å². The van der Waals surface area contributed by atoms with Gasteiger partial charge in [0, 0.05) is 16.5 Å². The van der Waals surface area contributed by atoms with Crippen molar-refractivity contribution < 1.29 is 23.9 Å². The molecule has 3 atom stereocenters. The summed E-state index contributed by atoms with van der Waals surface area (Å²) in [5.74, 6) is -2.87. The molecule has 0 radical (unpaired) electrons. The van der Waals surface area contributed by atoms with Crippen LogP contribution in [0.3, 0.4) is 0 Å². The third-order valence-corrected chi connectivity index (χ3v) is 8.71. The largest absolute Gasteiger partial charge is 0.497 e. The van der Waals surface area contributed by atoms with Crippen molar-refractivity contribution in [1.29, 1.82) is 0 Å². The van der Waals surface area contributed by atoms with Crippen molar-refractivity contribution in [2.24, 2.45) is 11.7 Å². The molecule has 36 heavy (non-hydrogen) atoms. The van der Waals surface area contributed by atoms with Gasteiger partial charge < -0.3 is 15.8 Å². The van der Waals surface area contributed by atoms with Gasteiger partial charge in [-0.05, 0) is 29.8 Å². The molecule has 2 aromatic carbocycles. The van der Waals surface area contributed by atoms with E-state index in [1.165, 1.54) is 11.7 Å². The Kier molecular flexibility index (Phi) is 6.14. The van der Waals surface area contributed by atoms with E-state index >= 15 is 0 Å². The molecule has 3 heterocycles. The molecule has 184 valence electrons. The number of nitrogens with two attached hydrogens (primary N) is 1. The Labute approximate surface area is 213 Å². The monoisotopic (exact) mass is 524 g/mol. The number of rotatable bonds is 5. The van der Waals surface area contributed by atoms with E-state index in [2.05, 4.69) is 5.32 Å². The first-order valence-electron chi connectivity index (χ1n) is 10.9. The quantitative estimate of drug-likeness (QED) is 0.488. The summed E-state index contributed by atoms with van der Waals surface area (Å²) in [7, 11) is 1.52. The normalized spacial score (nSPS) is 20.6. The molecule has 2 aliphatic heterocycles. The van der Waals surface area contributed by atoms with Crippen LogP contribution in [-0.2, 0) is 20.9 Å². The molecular formula is C24H20N4O6S2. The van der Waals surface area contributed by atoms with Gasteiger partial charge >= 0.3 is 10.9 Å². The van der Waals surface area contributed by atoms with E-state index < -0.39 is 40.8 Å². The van der Waals surface area contributed by atoms with Gasteiger partial charge in [-0.15, -0.1) is 0 Å². The number of amides is 5. The number of nitrogens with one attached hydrogen (secondary N) is 1. The van der Waals surface area contributed by atoms with Crippen LogP contribution in [0.25, 0.3) is 0 Å². The van der Waals surface area contributed by atoms with Crippen molar-refractivity contribution in [3.05, 3.63) is 74.7 Å². The Morgan fingerprint density at radius 2 is 1.72 bits per heavy atom. The van der Waals surface area contributed by atoms with Crippen LogP contribution in [0.2, 0.25) is 0 Å². The molecule has 1 saturated heterocycles.